The van der Waals surface area contributed by atoms with Crippen LogP contribution in [0.4, 0.5) is 0 Å². The Morgan fingerprint density at radius 2 is 0.312 bits per heavy atom. The van der Waals surface area contributed by atoms with Crippen molar-refractivity contribution in [1.29, 1.82) is 0 Å². The molecule has 0 atom stereocenters. The van der Waals surface area contributed by atoms with E-state index in [0.717, 1.165) is 0 Å². The summed E-state index contributed by atoms with van der Waals surface area (Å²) in [7, 11) is 0. The minimum absolute atomic E-state index is 0. The van der Waals surface area contributed by atoms with Gasteiger partial charge in [-0.05, 0) is 0 Å². The Hall–Kier alpha value is 2.84. The normalized spacial score (nSPS) is 1.00. The van der Waals surface area contributed by atoms with Crippen molar-refractivity contribution in [2.75, 3.05) is 0 Å². The van der Waals surface area contributed by atoms with Gasteiger partial charge in [-0.3, -0.25) is 27.2 Å². The third kappa shape index (κ3) is 525. The topological polar surface area (TPSA) is 68.3 Å². The zero-order valence-corrected chi connectivity index (χ0v) is 13.9. The first-order chi connectivity index (χ1) is 4.00. The monoisotopic (exact) mass is 619 g/mol. The molecule has 0 aliphatic rings. The molecule has 0 spiro atoms. The second kappa shape index (κ2) is 629. The van der Waals surface area contributed by atoms with Crippen LogP contribution in [0, 0.1) is 0 Å². The third-order valence-electron chi connectivity index (χ3n) is 0. The Balaban J connectivity index is -0.00000000114. The summed E-state index contributed by atoms with van der Waals surface area (Å²) in [6.07, 6.45) is 0. The van der Waals surface area contributed by atoms with Gasteiger partial charge in [-0.25, -0.2) is 0 Å². The molecule has 0 unspecified atom stereocenters. The summed E-state index contributed by atoms with van der Waals surface area (Å²) in [5.41, 5.74) is 0. The standard InChI is InChI=1S/4CHO.8Cu/c4*1-2;;;;;;;;/h4*1H;;;;;;;;/q4*-1;;;;;4*+1. The summed E-state index contributed by atoms with van der Waals surface area (Å²) in [4.78, 5) is 31.0. The quantitative estimate of drug-likeness (QED) is 0.195. The van der Waals surface area contributed by atoms with Crippen molar-refractivity contribution in [3.05, 3.63) is 0 Å². The average molecular weight is 624 g/mol. The summed E-state index contributed by atoms with van der Waals surface area (Å²) >= 11 is 0. The van der Waals surface area contributed by atoms with Gasteiger partial charge < -0.3 is 19.2 Å². The molecule has 0 N–H and O–H groups in total. The molecule has 0 aliphatic heterocycles. The molecular weight excluding hydrogens is 620 g/mol. The summed E-state index contributed by atoms with van der Waals surface area (Å²) in [6.45, 7) is 13.0. The summed E-state index contributed by atoms with van der Waals surface area (Å²) in [5.74, 6) is 0. The van der Waals surface area contributed by atoms with Gasteiger partial charge in [-0.15, -0.1) is 0 Å². The Bertz CT molecular complexity index is 32.0. The number of hydrogen-bond acceptors (Lipinski definition) is 4. The number of carbonyl (C=O) groups excluding carboxylic acids is 4. The first-order valence-corrected chi connectivity index (χ1v) is 0.943. The van der Waals surface area contributed by atoms with Gasteiger partial charge in [0.05, 0.1) is 0 Å². The Kier molecular flexibility index (Phi) is 5040. The second-order valence-corrected chi connectivity index (χ2v) is 0. The fourth-order valence-corrected chi connectivity index (χ4v) is 0. The molecule has 0 aromatic heterocycles. The molecular formula is C4H4Cu8O4. The van der Waals surface area contributed by atoms with E-state index in [1.807, 2.05) is 0 Å². The Morgan fingerprint density at radius 3 is 0.312 bits per heavy atom. The molecule has 4 nitrogen and oxygen atoms in total. The largest absolute Gasteiger partial charge is 1.00 e. The Morgan fingerprint density at radius 1 is 0.312 bits per heavy atom. The van der Waals surface area contributed by atoms with Crippen LogP contribution in [0.25, 0.3) is 0 Å². The molecule has 4 radical (unpaired) electrons. The van der Waals surface area contributed by atoms with Gasteiger partial charge in [0.2, 0.25) is 0 Å². The predicted octanol–water partition coefficient (Wildman–Crippen LogP) is -1.12. The summed E-state index contributed by atoms with van der Waals surface area (Å²) in [6, 6.07) is 0. The van der Waals surface area contributed by atoms with Crippen molar-refractivity contribution >= 4 is 27.2 Å². The van der Waals surface area contributed by atoms with E-state index in [9.17, 15) is 0 Å². The maximum absolute atomic E-state index is 7.75. The van der Waals surface area contributed by atoms with Crippen LogP contribution in [-0.4, -0.2) is 27.2 Å². The predicted molar refractivity (Wildman–Crippen MR) is 27.0 cm³/mol. The van der Waals surface area contributed by atoms with Gasteiger partial charge in [0.1, 0.15) is 0 Å². The van der Waals surface area contributed by atoms with Crippen molar-refractivity contribution < 1.29 is 156 Å². The van der Waals surface area contributed by atoms with Gasteiger partial charge in [0.25, 0.3) is 0 Å². The maximum Gasteiger partial charge on any atom is 1.00 e. The minimum atomic E-state index is 0. The third-order valence-corrected chi connectivity index (χ3v) is 0. The van der Waals surface area contributed by atoms with Crippen molar-refractivity contribution in [2.45, 2.75) is 0 Å². The molecule has 0 aromatic rings. The van der Waals surface area contributed by atoms with Gasteiger partial charge in [0, 0.05) is 68.3 Å². The molecule has 12 heteroatoms. The molecule has 0 bridgehead atoms. The van der Waals surface area contributed by atoms with Gasteiger partial charge in [-0.2, -0.15) is 0 Å². The maximum atomic E-state index is 7.75. The van der Waals surface area contributed by atoms with Crippen molar-refractivity contribution in [2.24, 2.45) is 0 Å². The van der Waals surface area contributed by atoms with E-state index in [0.29, 0.717) is 0 Å². The van der Waals surface area contributed by atoms with Crippen LogP contribution < -0.4 is 0 Å². The van der Waals surface area contributed by atoms with Crippen LogP contribution in [0.2, 0.25) is 0 Å². The van der Waals surface area contributed by atoms with Gasteiger partial charge in [0.15, 0.2) is 0 Å². The first-order valence-electron chi connectivity index (χ1n) is 0.943. The van der Waals surface area contributed by atoms with Crippen LogP contribution in [0.5, 0.6) is 0 Å². The number of hydrogen-bond donors (Lipinski definition) is 0. The zero-order chi connectivity index (χ0) is 8.00. The molecule has 0 saturated carbocycles. The summed E-state index contributed by atoms with van der Waals surface area (Å²) in [5, 5.41) is 0. The molecule has 132 valence electrons. The minimum Gasteiger partial charge on any atom is -0.545 e. The van der Waals surface area contributed by atoms with Gasteiger partial charge >= 0.3 is 68.3 Å². The van der Waals surface area contributed by atoms with E-state index < -0.39 is 0 Å². The molecule has 0 fully saturated rings. The zero-order valence-electron chi connectivity index (χ0n) is 6.35. The average Bonchev–Trinajstić information content (AvgIpc) is 2.03. The molecule has 0 aliphatic carbocycles. The molecule has 0 aromatic carbocycles. The molecule has 0 rings (SSSR count). The number of rotatable bonds is 0. The van der Waals surface area contributed by atoms with Gasteiger partial charge in [-0.1, -0.05) is 0 Å². The fraction of sp³-hybridized carbons (Fsp3) is 0. The van der Waals surface area contributed by atoms with Crippen molar-refractivity contribution in [3.63, 3.8) is 0 Å². The molecule has 0 amide bonds. The van der Waals surface area contributed by atoms with E-state index in [1.165, 1.54) is 0 Å². The summed E-state index contributed by atoms with van der Waals surface area (Å²) < 4.78 is 0. The Labute approximate surface area is 180 Å². The first kappa shape index (κ1) is 128. The molecule has 16 heavy (non-hydrogen) atoms. The second-order valence-electron chi connectivity index (χ2n) is 0. The van der Waals surface area contributed by atoms with Crippen LogP contribution >= 0.6 is 0 Å². The van der Waals surface area contributed by atoms with E-state index in [4.69, 9.17) is 19.2 Å². The smallest absolute Gasteiger partial charge is 0.545 e. The van der Waals surface area contributed by atoms with E-state index in [1.54, 1.807) is 0 Å². The molecule has 0 saturated heterocycles. The van der Waals surface area contributed by atoms with Crippen molar-refractivity contribution in [1.82, 2.24) is 0 Å². The van der Waals surface area contributed by atoms with Crippen LogP contribution in [0.15, 0.2) is 0 Å². The molecule has 0 heterocycles. The van der Waals surface area contributed by atoms with Crippen LogP contribution in [0.3, 0.4) is 0 Å². The van der Waals surface area contributed by atoms with E-state index in [2.05, 4.69) is 27.2 Å². The van der Waals surface area contributed by atoms with Crippen molar-refractivity contribution in [3.8, 4) is 0 Å². The SMILES string of the molecule is [CH-]=O.[CH-]=O.[CH-]=O.[CH-]=O.[Cu+].[Cu+].[Cu+].[Cu+].[Cu].[Cu].[Cu].[Cu]. The van der Waals surface area contributed by atoms with Crippen LogP contribution in [0.1, 0.15) is 0 Å². The van der Waals surface area contributed by atoms with E-state index in [-0.39, 0.29) is 137 Å². The van der Waals surface area contributed by atoms with Crippen LogP contribution in [-0.2, 0) is 156 Å². The van der Waals surface area contributed by atoms with E-state index >= 15 is 0 Å². The fourth-order valence-electron chi connectivity index (χ4n) is 0.